The molecule has 8 heteroatoms. The van der Waals surface area contributed by atoms with Crippen molar-refractivity contribution in [3.8, 4) is 5.88 Å². The SMILES string of the molecule is O=c1[nH]c(O[C@@H]2OC(CO)[C@@H](O)C(O)C2O)cc2c1CCCC2. The van der Waals surface area contributed by atoms with E-state index in [0.29, 0.717) is 0 Å². The van der Waals surface area contributed by atoms with Gasteiger partial charge < -0.3 is 29.9 Å². The van der Waals surface area contributed by atoms with Gasteiger partial charge in [0.25, 0.3) is 5.56 Å². The second-order valence-corrected chi connectivity index (χ2v) is 5.99. The van der Waals surface area contributed by atoms with Gasteiger partial charge in [-0.25, -0.2) is 0 Å². The van der Waals surface area contributed by atoms with E-state index >= 15 is 0 Å². The molecule has 1 fully saturated rings. The second-order valence-electron chi connectivity index (χ2n) is 5.99. The molecule has 1 aliphatic carbocycles. The molecule has 1 aromatic rings. The molecule has 1 aromatic heterocycles. The molecule has 23 heavy (non-hydrogen) atoms. The van der Waals surface area contributed by atoms with E-state index in [1.807, 2.05) is 0 Å². The van der Waals surface area contributed by atoms with Crippen molar-refractivity contribution in [1.29, 1.82) is 0 Å². The summed E-state index contributed by atoms with van der Waals surface area (Å²) in [4.78, 5) is 14.7. The van der Waals surface area contributed by atoms with Crippen molar-refractivity contribution in [2.75, 3.05) is 6.61 Å². The molecular weight excluding hydrogens is 306 g/mol. The Morgan fingerprint density at radius 1 is 1.17 bits per heavy atom. The largest absolute Gasteiger partial charge is 0.447 e. The zero-order chi connectivity index (χ0) is 16.6. The number of aromatic amines is 1. The average Bonchev–Trinajstić information content (AvgIpc) is 2.55. The fraction of sp³-hybridized carbons (Fsp3) is 0.667. The van der Waals surface area contributed by atoms with Gasteiger partial charge in [-0.1, -0.05) is 0 Å². The van der Waals surface area contributed by atoms with E-state index in [1.165, 1.54) is 0 Å². The zero-order valence-electron chi connectivity index (χ0n) is 12.5. The minimum atomic E-state index is -1.52. The van der Waals surface area contributed by atoms with Crippen LogP contribution >= 0.6 is 0 Å². The number of fused-ring (bicyclic) bond motifs is 1. The van der Waals surface area contributed by atoms with Crippen LogP contribution in [0.1, 0.15) is 24.0 Å². The summed E-state index contributed by atoms with van der Waals surface area (Å²) in [7, 11) is 0. The Morgan fingerprint density at radius 3 is 2.65 bits per heavy atom. The van der Waals surface area contributed by atoms with Gasteiger partial charge in [0.15, 0.2) is 5.88 Å². The van der Waals surface area contributed by atoms with Crippen LogP contribution in [0.15, 0.2) is 10.9 Å². The maximum atomic E-state index is 12.1. The Bertz CT molecular complexity index is 614. The lowest BCUT2D eigenvalue weighted by Crippen LogP contribution is -2.60. The van der Waals surface area contributed by atoms with Gasteiger partial charge in [0.2, 0.25) is 6.29 Å². The molecule has 8 nitrogen and oxygen atoms in total. The number of aliphatic hydroxyl groups excluding tert-OH is 4. The molecule has 0 amide bonds. The fourth-order valence-corrected chi connectivity index (χ4v) is 3.08. The quantitative estimate of drug-likeness (QED) is 0.453. The highest BCUT2D eigenvalue weighted by atomic mass is 16.7. The third-order valence-corrected chi connectivity index (χ3v) is 4.42. The molecule has 0 saturated carbocycles. The summed E-state index contributed by atoms with van der Waals surface area (Å²) < 4.78 is 10.7. The molecule has 2 aliphatic rings. The van der Waals surface area contributed by atoms with E-state index in [-0.39, 0.29) is 11.4 Å². The second kappa shape index (κ2) is 6.58. The minimum Gasteiger partial charge on any atom is -0.447 e. The Balaban J connectivity index is 1.81. The van der Waals surface area contributed by atoms with Gasteiger partial charge in [-0.05, 0) is 31.2 Å². The first-order valence-electron chi connectivity index (χ1n) is 7.73. The number of hydrogen-bond acceptors (Lipinski definition) is 7. The molecule has 0 bridgehead atoms. The summed E-state index contributed by atoms with van der Waals surface area (Å²) in [5, 5.41) is 38.6. The van der Waals surface area contributed by atoms with E-state index in [0.717, 1.165) is 36.8 Å². The van der Waals surface area contributed by atoms with Crippen LogP contribution in [0.25, 0.3) is 0 Å². The van der Waals surface area contributed by atoms with Gasteiger partial charge in [-0.3, -0.25) is 9.78 Å². The Kier molecular flexibility index (Phi) is 4.69. The van der Waals surface area contributed by atoms with Crippen LogP contribution < -0.4 is 10.3 Å². The van der Waals surface area contributed by atoms with E-state index in [9.17, 15) is 20.1 Å². The standard InChI is InChI=1S/C15H21NO7/c17-6-9-11(18)12(19)13(20)15(22-9)23-10-5-7-3-1-2-4-8(7)14(21)16-10/h5,9,11-13,15,17-20H,1-4,6H2,(H,16,21)/t9?,11-,12?,13?,15+/m1/s1. The van der Waals surface area contributed by atoms with Gasteiger partial charge in [-0.15, -0.1) is 0 Å². The molecule has 0 radical (unpaired) electrons. The number of ether oxygens (including phenoxy) is 2. The number of aryl methyl sites for hydroxylation is 1. The van der Waals surface area contributed by atoms with Gasteiger partial charge in [0.1, 0.15) is 24.4 Å². The summed E-state index contributed by atoms with van der Waals surface area (Å²) in [6, 6.07) is 1.69. The maximum absolute atomic E-state index is 12.1. The molecule has 128 valence electrons. The lowest BCUT2D eigenvalue weighted by Gasteiger charge is -2.39. The molecule has 0 aromatic carbocycles. The summed E-state index contributed by atoms with van der Waals surface area (Å²) in [5.74, 6) is 0.125. The van der Waals surface area contributed by atoms with Crippen LogP contribution in [0.5, 0.6) is 5.88 Å². The molecule has 1 saturated heterocycles. The molecule has 1 aliphatic heterocycles. The number of aromatic nitrogens is 1. The van der Waals surface area contributed by atoms with Gasteiger partial charge >= 0.3 is 0 Å². The zero-order valence-corrected chi connectivity index (χ0v) is 12.5. The highest BCUT2D eigenvalue weighted by Gasteiger charge is 2.44. The monoisotopic (exact) mass is 327 g/mol. The highest BCUT2D eigenvalue weighted by molar-refractivity contribution is 5.31. The lowest BCUT2D eigenvalue weighted by molar-refractivity contribution is -0.278. The van der Waals surface area contributed by atoms with Crippen LogP contribution in [0.2, 0.25) is 0 Å². The molecule has 3 unspecified atom stereocenters. The van der Waals surface area contributed by atoms with Crippen molar-refractivity contribution in [3.63, 3.8) is 0 Å². The first-order chi connectivity index (χ1) is 11.0. The molecule has 5 N–H and O–H groups in total. The van der Waals surface area contributed by atoms with Crippen molar-refractivity contribution in [3.05, 3.63) is 27.5 Å². The molecule has 0 spiro atoms. The van der Waals surface area contributed by atoms with Crippen molar-refractivity contribution in [1.82, 2.24) is 4.98 Å². The Hall–Kier alpha value is -1.45. The summed E-state index contributed by atoms with van der Waals surface area (Å²) >= 11 is 0. The first kappa shape index (κ1) is 16.4. The van der Waals surface area contributed by atoms with Gasteiger partial charge in [0, 0.05) is 11.6 Å². The minimum absolute atomic E-state index is 0.125. The molecule has 5 atom stereocenters. The fourth-order valence-electron chi connectivity index (χ4n) is 3.08. The van der Waals surface area contributed by atoms with Crippen LogP contribution in [0, 0.1) is 0 Å². The highest BCUT2D eigenvalue weighted by Crippen LogP contribution is 2.25. The summed E-state index contributed by atoms with van der Waals surface area (Å²) in [5.41, 5.74) is 1.42. The average molecular weight is 327 g/mol. The van der Waals surface area contributed by atoms with Crippen molar-refractivity contribution in [2.45, 2.75) is 56.4 Å². The van der Waals surface area contributed by atoms with Crippen molar-refractivity contribution >= 4 is 0 Å². The van der Waals surface area contributed by atoms with E-state index in [1.54, 1.807) is 6.07 Å². The van der Waals surface area contributed by atoms with Gasteiger partial charge in [0.05, 0.1) is 6.61 Å². The molecule has 3 rings (SSSR count). The molecular formula is C15H21NO7. The predicted molar refractivity (Wildman–Crippen MR) is 78.1 cm³/mol. The normalized spacial score (nSPS) is 34.0. The van der Waals surface area contributed by atoms with Crippen molar-refractivity contribution < 1.29 is 29.9 Å². The number of hydrogen-bond donors (Lipinski definition) is 5. The Morgan fingerprint density at radius 2 is 1.91 bits per heavy atom. The smallest absolute Gasteiger partial charge is 0.254 e. The Labute approximate surface area is 132 Å². The van der Waals surface area contributed by atoms with Crippen LogP contribution in [0.3, 0.4) is 0 Å². The van der Waals surface area contributed by atoms with Crippen LogP contribution in [0.4, 0.5) is 0 Å². The summed E-state index contributed by atoms with van der Waals surface area (Å²) in [6.45, 7) is -0.536. The van der Waals surface area contributed by atoms with E-state index in [2.05, 4.69) is 4.98 Å². The van der Waals surface area contributed by atoms with Crippen molar-refractivity contribution in [2.24, 2.45) is 0 Å². The lowest BCUT2D eigenvalue weighted by atomic mass is 9.93. The summed E-state index contributed by atoms with van der Waals surface area (Å²) in [6.07, 6.45) is -3.35. The van der Waals surface area contributed by atoms with Crippen LogP contribution in [-0.4, -0.2) is 62.7 Å². The number of rotatable bonds is 3. The van der Waals surface area contributed by atoms with Gasteiger partial charge in [-0.2, -0.15) is 0 Å². The first-order valence-corrected chi connectivity index (χ1v) is 7.73. The topological polar surface area (TPSA) is 132 Å². The molecule has 2 heterocycles. The number of H-pyrrole nitrogens is 1. The van der Waals surface area contributed by atoms with E-state index in [4.69, 9.17) is 14.6 Å². The third kappa shape index (κ3) is 3.13. The predicted octanol–water partition coefficient (Wildman–Crippen LogP) is -1.57. The maximum Gasteiger partial charge on any atom is 0.254 e. The van der Waals surface area contributed by atoms with E-state index < -0.39 is 37.3 Å². The third-order valence-electron chi connectivity index (χ3n) is 4.42. The van der Waals surface area contributed by atoms with Crippen LogP contribution in [-0.2, 0) is 17.6 Å². The number of pyridine rings is 1. The number of aliphatic hydroxyl groups is 4. The number of nitrogens with one attached hydrogen (secondary N) is 1.